The topological polar surface area (TPSA) is 0 Å². The summed E-state index contributed by atoms with van der Waals surface area (Å²) in [5, 5.41) is 0. The predicted octanol–water partition coefficient (Wildman–Crippen LogP) is 8.82. The lowest BCUT2D eigenvalue weighted by molar-refractivity contribution is 0.154. The van der Waals surface area contributed by atoms with Crippen LogP contribution >= 0.6 is 0 Å². The first-order valence-corrected chi connectivity index (χ1v) is 12.8. The van der Waals surface area contributed by atoms with Gasteiger partial charge >= 0.3 is 0 Å². The molecule has 0 unspecified atom stereocenters. The maximum Gasteiger partial charge on any atom is 0.159 e. The normalized spacial score (nSPS) is 35.6. The van der Waals surface area contributed by atoms with E-state index in [9.17, 15) is 8.78 Å². The van der Waals surface area contributed by atoms with Crippen LogP contribution in [0.5, 0.6) is 0 Å². The van der Waals surface area contributed by atoms with Crippen molar-refractivity contribution in [1.82, 2.24) is 0 Å². The van der Waals surface area contributed by atoms with Gasteiger partial charge in [-0.3, -0.25) is 0 Å². The number of hydrogen-bond acceptors (Lipinski definition) is 0. The van der Waals surface area contributed by atoms with E-state index in [2.05, 4.69) is 19.1 Å². The molecule has 1 aromatic rings. The third-order valence-corrected chi connectivity index (χ3v) is 8.79. The maximum atomic E-state index is 13.5. The van der Waals surface area contributed by atoms with Gasteiger partial charge in [0.15, 0.2) is 11.6 Å². The van der Waals surface area contributed by atoms with Crippen molar-refractivity contribution in [2.45, 2.75) is 96.3 Å². The Balaban J connectivity index is 1.18. The van der Waals surface area contributed by atoms with E-state index in [1.165, 1.54) is 82.8 Å². The second kappa shape index (κ2) is 10.4. The molecule has 3 saturated carbocycles. The van der Waals surface area contributed by atoms with Gasteiger partial charge < -0.3 is 0 Å². The van der Waals surface area contributed by atoms with Crippen LogP contribution in [-0.4, -0.2) is 0 Å². The summed E-state index contributed by atoms with van der Waals surface area (Å²) in [7, 11) is 0. The van der Waals surface area contributed by atoms with E-state index in [1.807, 2.05) is 0 Å². The van der Waals surface area contributed by atoms with Gasteiger partial charge in [-0.25, -0.2) is 8.78 Å². The molecule has 3 aliphatic rings. The summed E-state index contributed by atoms with van der Waals surface area (Å²) < 4.78 is 26.7. The minimum atomic E-state index is -0.737. The Morgan fingerprint density at radius 2 is 1.23 bits per heavy atom. The first-order chi connectivity index (χ1) is 14.6. The highest BCUT2D eigenvalue weighted by molar-refractivity contribution is 5.22. The lowest BCUT2D eigenvalue weighted by atomic mass is 9.69. The molecule has 0 radical (unpaired) electrons. The van der Waals surface area contributed by atoms with Crippen LogP contribution < -0.4 is 0 Å². The monoisotopic (exact) mass is 414 g/mol. The number of allylic oxidation sites excluding steroid dienone is 2. The SMILES string of the molecule is CCC1CCC(C2CCC(/C=C/C3CCC(c4ccc(F)c(F)c4)CC3)CC2)CC1. The molecular formula is C28H40F2. The minimum absolute atomic E-state index is 0.392. The Kier molecular flexibility index (Phi) is 7.65. The zero-order valence-corrected chi connectivity index (χ0v) is 18.8. The molecule has 4 rings (SSSR count). The van der Waals surface area contributed by atoms with Crippen molar-refractivity contribution in [3.05, 3.63) is 47.5 Å². The van der Waals surface area contributed by atoms with Crippen molar-refractivity contribution in [3.63, 3.8) is 0 Å². The van der Waals surface area contributed by atoms with Crippen LogP contribution in [0.3, 0.4) is 0 Å². The quantitative estimate of drug-likeness (QED) is 0.422. The van der Waals surface area contributed by atoms with E-state index in [4.69, 9.17) is 0 Å². The molecule has 0 amide bonds. The number of halogens is 2. The average Bonchev–Trinajstić information content (AvgIpc) is 2.80. The molecule has 0 heterocycles. The zero-order valence-electron chi connectivity index (χ0n) is 18.8. The van der Waals surface area contributed by atoms with E-state index in [0.29, 0.717) is 11.8 Å². The Bertz CT molecular complexity index is 685. The number of hydrogen-bond donors (Lipinski definition) is 0. The summed E-state index contributed by atoms with van der Waals surface area (Å²) in [4.78, 5) is 0. The Morgan fingerprint density at radius 1 is 0.700 bits per heavy atom. The van der Waals surface area contributed by atoms with Crippen LogP contribution in [0, 0.1) is 41.2 Å². The third-order valence-electron chi connectivity index (χ3n) is 8.79. The fourth-order valence-electron chi connectivity index (χ4n) is 6.60. The molecule has 0 aromatic heterocycles. The number of benzene rings is 1. The largest absolute Gasteiger partial charge is 0.204 e. The Labute approximate surface area is 182 Å². The fraction of sp³-hybridized carbons (Fsp3) is 0.714. The summed E-state index contributed by atoms with van der Waals surface area (Å²) in [5.74, 6) is 3.44. The van der Waals surface area contributed by atoms with Gasteiger partial charge in [-0.2, -0.15) is 0 Å². The van der Waals surface area contributed by atoms with Crippen molar-refractivity contribution in [1.29, 1.82) is 0 Å². The summed E-state index contributed by atoms with van der Waals surface area (Å²) >= 11 is 0. The average molecular weight is 415 g/mol. The molecule has 0 atom stereocenters. The lowest BCUT2D eigenvalue weighted by Gasteiger charge is -2.37. The van der Waals surface area contributed by atoms with Gasteiger partial charge in [0.05, 0.1) is 0 Å². The molecule has 1 aromatic carbocycles. The zero-order chi connectivity index (χ0) is 20.9. The van der Waals surface area contributed by atoms with Gasteiger partial charge in [-0.1, -0.05) is 44.4 Å². The standard InChI is InChI=1S/C28H40F2/c1-2-20-5-11-23(12-6-20)24-13-7-21(8-14-24)3-4-22-9-15-25(16-10-22)26-17-18-27(29)28(30)19-26/h3-4,17-25H,2,5-16H2,1H3/b4-3+. The highest BCUT2D eigenvalue weighted by atomic mass is 19.2. The van der Waals surface area contributed by atoms with Crippen molar-refractivity contribution in [2.75, 3.05) is 0 Å². The molecule has 30 heavy (non-hydrogen) atoms. The summed E-state index contributed by atoms with van der Waals surface area (Å²) in [5.41, 5.74) is 0.975. The van der Waals surface area contributed by atoms with E-state index in [-0.39, 0.29) is 0 Å². The number of rotatable bonds is 5. The van der Waals surface area contributed by atoms with Crippen molar-refractivity contribution < 1.29 is 8.78 Å². The molecule has 0 saturated heterocycles. The lowest BCUT2D eigenvalue weighted by Crippen LogP contribution is -2.25. The molecule has 0 nitrogen and oxygen atoms in total. The van der Waals surface area contributed by atoms with E-state index < -0.39 is 11.6 Å². The summed E-state index contributed by atoms with van der Waals surface area (Å²) in [6.07, 6.45) is 22.6. The van der Waals surface area contributed by atoms with E-state index in [0.717, 1.165) is 42.1 Å². The second-order valence-corrected chi connectivity index (χ2v) is 10.5. The van der Waals surface area contributed by atoms with Crippen molar-refractivity contribution in [3.8, 4) is 0 Å². The summed E-state index contributed by atoms with van der Waals surface area (Å²) in [6.45, 7) is 2.36. The van der Waals surface area contributed by atoms with Gasteiger partial charge in [0, 0.05) is 0 Å². The van der Waals surface area contributed by atoms with Crippen LogP contribution in [0.4, 0.5) is 8.78 Å². The Morgan fingerprint density at radius 3 is 1.77 bits per heavy atom. The molecule has 3 aliphatic carbocycles. The van der Waals surface area contributed by atoms with Crippen LogP contribution in [0.2, 0.25) is 0 Å². The van der Waals surface area contributed by atoms with Crippen LogP contribution in [0.25, 0.3) is 0 Å². The van der Waals surface area contributed by atoms with E-state index >= 15 is 0 Å². The molecule has 3 fully saturated rings. The van der Waals surface area contributed by atoms with Gasteiger partial charge in [-0.15, -0.1) is 0 Å². The third kappa shape index (κ3) is 5.54. The molecule has 0 spiro atoms. The van der Waals surface area contributed by atoms with Gasteiger partial charge in [0.2, 0.25) is 0 Å². The maximum absolute atomic E-state index is 13.5. The van der Waals surface area contributed by atoms with Crippen LogP contribution in [0.15, 0.2) is 30.4 Å². The van der Waals surface area contributed by atoms with Gasteiger partial charge in [0.25, 0.3) is 0 Å². The fourth-order valence-corrected chi connectivity index (χ4v) is 6.60. The summed E-state index contributed by atoms with van der Waals surface area (Å²) in [6, 6.07) is 4.46. The first-order valence-electron chi connectivity index (χ1n) is 12.8. The minimum Gasteiger partial charge on any atom is -0.204 e. The van der Waals surface area contributed by atoms with Crippen LogP contribution in [-0.2, 0) is 0 Å². The van der Waals surface area contributed by atoms with E-state index in [1.54, 1.807) is 6.07 Å². The Hall–Kier alpha value is -1.18. The molecular weight excluding hydrogens is 374 g/mol. The molecule has 2 heteroatoms. The van der Waals surface area contributed by atoms with Crippen LogP contribution in [0.1, 0.15) is 102 Å². The highest BCUT2D eigenvalue weighted by Crippen LogP contribution is 2.43. The second-order valence-electron chi connectivity index (χ2n) is 10.5. The predicted molar refractivity (Wildman–Crippen MR) is 121 cm³/mol. The van der Waals surface area contributed by atoms with Gasteiger partial charge in [-0.05, 0) is 117 Å². The first kappa shape index (κ1) is 22.0. The van der Waals surface area contributed by atoms with Crippen molar-refractivity contribution >= 4 is 0 Å². The molecule has 0 aliphatic heterocycles. The smallest absolute Gasteiger partial charge is 0.159 e. The molecule has 0 N–H and O–H groups in total. The molecule has 166 valence electrons. The highest BCUT2D eigenvalue weighted by Gasteiger charge is 2.30. The molecule has 0 bridgehead atoms. The van der Waals surface area contributed by atoms with Crippen molar-refractivity contribution in [2.24, 2.45) is 29.6 Å². The van der Waals surface area contributed by atoms with Gasteiger partial charge in [0.1, 0.15) is 0 Å².